The van der Waals surface area contributed by atoms with Crippen molar-refractivity contribution in [3.8, 4) is 11.5 Å². The van der Waals surface area contributed by atoms with E-state index in [1.807, 2.05) is 32.9 Å². The third kappa shape index (κ3) is 4.92. The molecule has 154 valence electrons. The molecule has 9 heteroatoms. The SMILES string of the molecule is COc1ccc(CN(Cc2cnn3nccnc23)C(=O)OC(C)(C)C)c(OC)c1. The topological polar surface area (TPSA) is 91.1 Å². The summed E-state index contributed by atoms with van der Waals surface area (Å²) in [5, 5.41) is 8.31. The normalized spacial score (nSPS) is 11.3. The van der Waals surface area contributed by atoms with Crippen molar-refractivity contribution in [3.63, 3.8) is 0 Å². The zero-order valence-electron chi connectivity index (χ0n) is 17.2. The summed E-state index contributed by atoms with van der Waals surface area (Å²) < 4.78 is 17.8. The summed E-state index contributed by atoms with van der Waals surface area (Å²) in [5.41, 5.74) is 1.54. The molecule has 0 aliphatic rings. The molecular weight excluding hydrogens is 374 g/mol. The molecule has 2 aromatic heterocycles. The van der Waals surface area contributed by atoms with E-state index in [1.165, 1.54) is 4.63 Å². The number of hydrogen-bond donors (Lipinski definition) is 0. The molecule has 1 amide bonds. The van der Waals surface area contributed by atoms with E-state index in [4.69, 9.17) is 14.2 Å². The van der Waals surface area contributed by atoms with Crippen LogP contribution in [0.25, 0.3) is 5.65 Å². The number of methoxy groups -OCH3 is 2. The highest BCUT2D eigenvalue weighted by atomic mass is 16.6. The van der Waals surface area contributed by atoms with Crippen molar-refractivity contribution in [2.75, 3.05) is 14.2 Å². The van der Waals surface area contributed by atoms with Crippen molar-refractivity contribution in [3.05, 3.63) is 47.9 Å². The third-order valence-corrected chi connectivity index (χ3v) is 4.11. The molecule has 0 atom stereocenters. The number of carbonyl (C=O) groups is 1. The van der Waals surface area contributed by atoms with Gasteiger partial charge in [-0.05, 0) is 32.9 Å². The number of aromatic nitrogens is 4. The van der Waals surface area contributed by atoms with E-state index in [9.17, 15) is 4.79 Å². The lowest BCUT2D eigenvalue weighted by Gasteiger charge is -2.27. The number of fused-ring (bicyclic) bond motifs is 1. The van der Waals surface area contributed by atoms with Gasteiger partial charge in [0.15, 0.2) is 5.65 Å². The van der Waals surface area contributed by atoms with E-state index in [1.54, 1.807) is 43.8 Å². The number of ether oxygens (including phenoxy) is 3. The Labute approximate surface area is 169 Å². The Balaban J connectivity index is 1.92. The predicted octanol–water partition coefficient (Wildman–Crippen LogP) is 3.08. The lowest BCUT2D eigenvalue weighted by Crippen LogP contribution is -2.36. The van der Waals surface area contributed by atoms with Crippen LogP contribution >= 0.6 is 0 Å². The Bertz CT molecular complexity index is 996. The smallest absolute Gasteiger partial charge is 0.410 e. The van der Waals surface area contributed by atoms with Crippen LogP contribution in [0.15, 0.2) is 36.8 Å². The molecule has 9 nitrogen and oxygen atoms in total. The summed E-state index contributed by atoms with van der Waals surface area (Å²) in [4.78, 5) is 18.8. The van der Waals surface area contributed by atoms with Gasteiger partial charge in [-0.1, -0.05) is 0 Å². The van der Waals surface area contributed by atoms with Crippen LogP contribution in [0, 0.1) is 0 Å². The Morgan fingerprint density at radius 1 is 1.07 bits per heavy atom. The minimum absolute atomic E-state index is 0.256. The second-order valence-corrected chi connectivity index (χ2v) is 7.44. The van der Waals surface area contributed by atoms with Crippen LogP contribution < -0.4 is 9.47 Å². The van der Waals surface area contributed by atoms with Crippen LogP contribution in [0.3, 0.4) is 0 Å². The Morgan fingerprint density at radius 3 is 2.52 bits per heavy atom. The highest BCUT2D eigenvalue weighted by molar-refractivity contribution is 5.69. The number of carbonyl (C=O) groups excluding carboxylic acids is 1. The van der Waals surface area contributed by atoms with E-state index in [0.29, 0.717) is 17.1 Å². The summed E-state index contributed by atoms with van der Waals surface area (Å²) in [6.07, 6.45) is 4.35. The summed E-state index contributed by atoms with van der Waals surface area (Å²) >= 11 is 0. The fourth-order valence-corrected chi connectivity index (χ4v) is 2.80. The van der Waals surface area contributed by atoms with Gasteiger partial charge in [0.1, 0.15) is 17.1 Å². The molecule has 0 bridgehead atoms. The van der Waals surface area contributed by atoms with Gasteiger partial charge in [0.2, 0.25) is 0 Å². The number of amides is 1. The predicted molar refractivity (Wildman–Crippen MR) is 106 cm³/mol. The van der Waals surface area contributed by atoms with Crippen LogP contribution in [0.4, 0.5) is 4.79 Å². The average molecular weight is 399 g/mol. The lowest BCUT2D eigenvalue weighted by molar-refractivity contribution is 0.0216. The lowest BCUT2D eigenvalue weighted by atomic mass is 10.1. The maximum absolute atomic E-state index is 12.9. The number of hydrogen-bond acceptors (Lipinski definition) is 7. The molecule has 0 saturated carbocycles. The van der Waals surface area contributed by atoms with E-state index < -0.39 is 11.7 Å². The molecule has 0 spiro atoms. The van der Waals surface area contributed by atoms with Crippen LogP contribution in [0.1, 0.15) is 31.9 Å². The van der Waals surface area contributed by atoms with E-state index in [-0.39, 0.29) is 13.1 Å². The van der Waals surface area contributed by atoms with Gasteiger partial charge in [-0.3, -0.25) is 4.90 Å². The molecule has 29 heavy (non-hydrogen) atoms. The zero-order valence-corrected chi connectivity index (χ0v) is 17.2. The van der Waals surface area contributed by atoms with E-state index in [2.05, 4.69) is 15.2 Å². The first kappa shape index (κ1) is 20.4. The number of benzene rings is 1. The molecule has 0 unspecified atom stereocenters. The fourth-order valence-electron chi connectivity index (χ4n) is 2.80. The molecule has 3 rings (SSSR count). The largest absolute Gasteiger partial charge is 0.497 e. The zero-order chi connectivity index (χ0) is 21.0. The molecule has 0 N–H and O–H groups in total. The molecule has 0 aliphatic carbocycles. The summed E-state index contributed by atoms with van der Waals surface area (Å²) in [6, 6.07) is 5.47. The van der Waals surface area contributed by atoms with Crippen molar-refractivity contribution < 1.29 is 19.0 Å². The average Bonchev–Trinajstić information content (AvgIpc) is 3.09. The van der Waals surface area contributed by atoms with Crippen molar-refractivity contribution >= 4 is 11.7 Å². The molecule has 0 fully saturated rings. The molecule has 2 heterocycles. The summed E-state index contributed by atoms with van der Waals surface area (Å²) in [7, 11) is 3.17. The monoisotopic (exact) mass is 399 g/mol. The highest BCUT2D eigenvalue weighted by Gasteiger charge is 2.25. The van der Waals surface area contributed by atoms with Gasteiger partial charge in [-0.15, -0.1) is 4.63 Å². The number of nitrogens with zero attached hydrogens (tertiary/aromatic N) is 5. The summed E-state index contributed by atoms with van der Waals surface area (Å²) in [6.45, 7) is 6.03. The fraction of sp³-hybridized carbons (Fsp3) is 0.400. The Hall–Kier alpha value is -3.36. The summed E-state index contributed by atoms with van der Waals surface area (Å²) in [5.74, 6) is 1.30. The minimum atomic E-state index is -0.625. The van der Waals surface area contributed by atoms with Crippen molar-refractivity contribution in [2.24, 2.45) is 0 Å². The van der Waals surface area contributed by atoms with Crippen LogP contribution in [0.2, 0.25) is 0 Å². The van der Waals surface area contributed by atoms with Crippen LogP contribution in [-0.4, -0.2) is 50.6 Å². The second-order valence-electron chi connectivity index (χ2n) is 7.44. The van der Waals surface area contributed by atoms with E-state index in [0.717, 1.165) is 11.1 Å². The molecule has 3 aromatic rings. The third-order valence-electron chi connectivity index (χ3n) is 4.11. The van der Waals surface area contributed by atoms with Gasteiger partial charge in [0.25, 0.3) is 0 Å². The standard InChI is InChI=1S/C20H25N5O4/c1-20(2,3)29-19(26)24(12-14-6-7-16(27-4)10-17(14)28-5)13-15-11-23-25-18(15)21-8-9-22-25/h6-11H,12-13H2,1-5H3. The van der Waals surface area contributed by atoms with Crippen LogP contribution in [0.5, 0.6) is 11.5 Å². The molecule has 1 aromatic carbocycles. The van der Waals surface area contributed by atoms with Gasteiger partial charge >= 0.3 is 6.09 Å². The maximum atomic E-state index is 12.9. The van der Waals surface area contributed by atoms with Gasteiger partial charge in [0, 0.05) is 23.4 Å². The van der Waals surface area contributed by atoms with Gasteiger partial charge in [0.05, 0.1) is 39.7 Å². The van der Waals surface area contributed by atoms with Gasteiger partial charge in [-0.25, -0.2) is 9.78 Å². The first-order valence-electron chi connectivity index (χ1n) is 9.13. The quantitative estimate of drug-likeness (QED) is 0.629. The van der Waals surface area contributed by atoms with Gasteiger partial charge < -0.3 is 14.2 Å². The molecule has 0 radical (unpaired) electrons. The first-order valence-corrected chi connectivity index (χ1v) is 9.13. The second kappa shape index (κ2) is 8.34. The van der Waals surface area contributed by atoms with Gasteiger partial charge in [-0.2, -0.15) is 10.2 Å². The molecule has 0 saturated heterocycles. The Kier molecular flexibility index (Phi) is 5.86. The first-order chi connectivity index (χ1) is 13.8. The minimum Gasteiger partial charge on any atom is -0.497 e. The highest BCUT2D eigenvalue weighted by Crippen LogP contribution is 2.27. The maximum Gasteiger partial charge on any atom is 0.410 e. The van der Waals surface area contributed by atoms with Crippen molar-refractivity contribution in [2.45, 2.75) is 39.5 Å². The Morgan fingerprint density at radius 2 is 1.83 bits per heavy atom. The van der Waals surface area contributed by atoms with E-state index >= 15 is 0 Å². The van der Waals surface area contributed by atoms with Crippen LogP contribution in [-0.2, 0) is 17.8 Å². The van der Waals surface area contributed by atoms with Crippen molar-refractivity contribution in [1.82, 2.24) is 24.7 Å². The molecular formula is C20H25N5O4. The van der Waals surface area contributed by atoms with Crippen molar-refractivity contribution in [1.29, 1.82) is 0 Å². The molecule has 0 aliphatic heterocycles. The number of rotatable bonds is 6.